The zero-order valence-corrected chi connectivity index (χ0v) is 19.3. The minimum Gasteiger partial charge on any atom is -0.496 e. The number of rotatable bonds is 7. The number of ether oxygens (including phenoxy) is 4. The van der Waals surface area contributed by atoms with Crippen molar-refractivity contribution >= 4 is 22.9 Å². The van der Waals surface area contributed by atoms with E-state index in [4.69, 9.17) is 23.4 Å². The molecule has 0 saturated heterocycles. The number of para-hydroxylation sites is 1. The van der Waals surface area contributed by atoms with Crippen LogP contribution in [0.4, 0.5) is 0 Å². The monoisotopic (exact) mass is 474 g/mol. The average molecular weight is 474 g/mol. The van der Waals surface area contributed by atoms with Crippen LogP contribution in [-0.4, -0.2) is 25.7 Å². The fraction of sp³-hybridized carbons (Fsp3) is 0.148. The summed E-state index contributed by atoms with van der Waals surface area (Å²) in [6.45, 7) is 3.59. The molecule has 0 aliphatic carbocycles. The zero-order chi connectivity index (χ0) is 24.9. The van der Waals surface area contributed by atoms with Gasteiger partial charge in [0, 0.05) is 6.07 Å². The molecule has 0 fully saturated rings. The van der Waals surface area contributed by atoms with Crippen LogP contribution in [0.2, 0.25) is 0 Å². The van der Waals surface area contributed by atoms with Crippen LogP contribution in [0.25, 0.3) is 11.0 Å². The van der Waals surface area contributed by atoms with Crippen LogP contribution in [0.1, 0.15) is 33.4 Å². The Morgan fingerprint density at radius 3 is 2.34 bits per heavy atom. The number of benzene rings is 3. The third-order valence-electron chi connectivity index (χ3n) is 5.11. The molecule has 0 saturated carbocycles. The first-order valence-electron chi connectivity index (χ1n) is 10.8. The highest BCUT2D eigenvalue weighted by Gasteiger charge is 2.18. The Hall–Kier alpha value is -4.59. The molecular formula is C27H22O8. The second-order valence-corrected chi connectivity index (χ2v) is 7.41. The maximum Gasteiger partial charge on any atom is 0.347 e. The van der Waals surface area contributed by atoms with E-state index in [1.807, 2.05) is 0 Å². The summed E-state index contributed by atoms with van der Waals surface area (Å²) < 4.78 is 27.2. The molecule has 35 heavy (non-hydrogen) atoms. The Morgan fingerprint density at radius 2 is 1.63 bits per heavy atom. The molecule has 0 amide bonds. The van der Waals surface area contributed by atoms with Gasteiger partial charge in [0.25, 0.3) is 0 Å². The van der Waals surface area contributed by atoms with E-state index in [0.29, 0.717) is 17.1 Å². The zero-order valence-electron chi connectivity index (χ0n) is 19.3. The lowest BCUT2D eigenvalue weighted by Gasteiger charge is -2.11. The molecule has 8 heteroatoms. The lowest BCUT2D eigenvalue weighted by molar-refractivity contribution is 0.0526. The highest BCUT2D eigenvalue weighted by atomic mass is 16.5. The second kappa shape index (κ2) is 10.1. The molecule has 4 rings (SSSR count). The Labute approximate surface area is 200 Å². The fourth-order valence-corrected chi connectivity index (χ4v) is 3.42. The van der Waals surface area contributed by atoms with Crippen LogP contribution in [0, 0.1) is 6.92 Å². The molecule has 0 radical (unpaired) electrons. The van der Waals surface area contributed by atoms with Crippen LogP contribution in [0.5, 0.6) is 23.0 Å². The molecule has 8 nitrogen and oxygen atoms in total. The molecule has 4 aromatic rings. The lowest BCUT2D eigenvalue weighted by Crippen LogP contribution is -2.11. The van der Waals surface area contributed by atoms with Crippen molar-refractivity contribution in [1.29, 1.82) is 0 Å². The van der Waals surface area contributed by atoms with Crippen molar-refractivity contribution in [2.45, 2.75) is 13.8 Å². The molecule has 0 N–H and O–H groups in total. The van der Waals surface area contributed by atoms with Crippen LogP contribution in [-0.2, 0) is 4.74 Å². The van der Waals surface area contributed by atoms with Gasteiger partial charge in [-0.25, -0.2) is 9.59 Å². The number of aryl methyl sites for hydroxylation is 1. The quantitative estimate of drug-likeness (QED) is 0.263. The van der Waals surface area contributed by atoms with Gasteiger partial charge in [0.2, 0.25) is 11.2 Å². The number of fused-ring (bicyclic) bond motifs is 1. The summed E-state index contributed by atoms with van der Waals surface area (Å²) in [6, 6.07) is 17.4. The van der Waals surface area contributed by atoms with Crippen LogP contribution >= 0.6 is 0 Å². The SMILES string of the molecule is CCOC(=O)c1ccc(Oc2c(C)oc3cc(OC(=O)c4ccccc4OC)ccc3c2=O)cc1. The molecule has 0 aliphatic rings. The van der Waals surface area contributed by atoms with Gasteiger partial charge in [-0.15, -0.1) is 0 Å². The Bertz CT molecular complexity index is 1450. The van der Waals surface area contributed by atoms with E-state index in [1.54, 1.807) is 62.4 Å². The van der Waals surface area contributed by atoms with Crippen LogP contribution in [0.15, 0.2) is 75.9 Å². The van der Waals surface area contributed by atoms with Crippen molar-refractivity contribution in [3.8, 4) is 23.0 Å². The van der Waals surface area contributed by atoms with Gasteiger partial charge in [0.15, 0.2) is 0 Å². The predicted molar refractivity (Wildman–Crippen MR) is 128 cm³/mol. The summed E-state index contributed by atoms with van der Waals surface area (Å²) in [5, 5.41) is 0.255. The normalized spacial score (nSPS) is 10.6. The number of methoxy groups -OCH3 is 1. The summed E-state index contributed by atoms with van der Waals surface area (Å²) in [7, 11) is 1.47. The standard InChI is InChI=1S/C27H22O8/c1-4-32-26(29)17-9-11-18(12-10-17)34-25-16(2)33-23-15-19(13-14-20(23)24(25)28)35-27(30)21-7-5-6-8-22(21)31-3/h5-15H,4H2,1-3H3. The van der Waals surface area contributed by atoms with Gasteiger partial charge in [-0.05, 0) is 62.4 Å². The summed E-state index contributed by atoms with van der Waals surface area (Å²) in [5.41, 5.74) is 0.491. The Morgan fingerprint density at radius 1 is 0.914 bits per heavy atom. The number of hydrogen-bond donors (Lipinski definition) is 0. The maximum atomic E-state index is 13.1. The third kappa shape index (κ3) is 5.01. The number of esters is 2. The Balaban J connectivity index is 1.58. The molecule has 0 spiro atoms. The molecular weight excluding hydrogens is 452 g/mol. The molecule has 1 aromatic heterocycles. The summed E-state index contributed by atoms with van der Waals surface area (Å²) >= 11 is 0. The van der Waals surface area contributed by atoms with E-state index >= 15 is 0 Å². The third-order valence-corrected chi connectivity index (χ3v) is 5.11. The number of carbonyl (C=O) groups is 2. The average Bonchev–Trinajstić information content (AvgIpc) is 2.86. The molecule has 0 bridgehead atoms. The molecule has 3 aromatic carbocycles. The van der Waals surface area contributed by atoms with E-state index in [9.17, 15) is 14.4 Å². The summed E-state index contributed by atoms with van der Waals surface area (Å²) in [4.78, 5) is 37.5. The van der Waals surface area contributed by atoms with Crippen molar-refractivity contribution in [1.82, 2.24) is 0 Å². The summed E-state index contributed by atoms with van der Waals surface area (Å²) in [6.07, 6.45) is 0. The van der Waals surface area contributed by atoms with Gasteiger partial charge < -0.3 is 23.4 Å². The highest BCUT2D eigenvalue weighted by Crippen LogP contribution is 2.28. The minimum absolute atomic E-state index is 0.0140. The predicted octanol–water partition coefficient (Wildman–Crippen LogP) is 5.30. The number of carbonyl (C=O) groups excluding carboxylic acids is 2. The van der Waals surface area contributed by atoms with Crippen molar-refractivity contribution in [3.63, 3.8) is 0 Å². The molecule has 178 valence electrons. The van der Waals surface area contributed by atoms with E-state index in [0.717, 1.165) is 0 Å². The topological polar surface area (TPSA) is 101 Å². The van der Waals surface area contributed by atoms with Crippen molar-refractivity contribution in [3.05, 3.63) is 93.8 Å². The first-order chi connectivity index (χ1) is 16.9. The van der Waals surface area contributed by atoms with Gasteiger partial charge >= 0.3 is 11.9 Å². The van der Waals surface area contributed by atoms with Gasteiger partial charge in [0.1, 0.15) is 34.2 Å². The van der Waals surface area contributed by atoms with E-state index in [2.05, 4.69) is 0 Å². The van der Waals surface area contributed by atoms with Crippen LogP contribution in [0.3, 0.4) is 0 Å². The van der Waals surface area contributed by atoms with E-state index < -0.39 is 11.9 Å². The van der Waals surface area contributed by atoms with Gasteiger partial charge in [0.05, 0.1) is 24.7 Å². The largest absolute Gasteiger partial charge is 0.496 e. The first-order valence-corrected chi connectivity index (χ1v) is 10.8. The minimum atomic E-state index is -0.605. The molecule has 0 aliphatic heterocycles. The lowest BCUT2D eigenvalue weighted by atomic mass is 10.2. The molecule has 1 heterocycles. The second-order valence-electron chi connectivity index (χ2n) is 7.41. The fourth-order valence-electron chi connectivity index (χ4n) is 3.42. The maximum absolute atomic E-state index is 13.1. The van der Waals surface area contributed by atoms with Crippen molar-refractivity contribution in [2.24, 2.45) is 0 Å². The van der Waals surface area contributed by atoms with Crippen molar-refractivity contribution in [2.75, 3.05) is 13.7 Å². The smallest absolute Gasteiger partial charge is 0.347 e. The first kappa shape index (κ1) is 23.6. The summed E-state index contributed by atoms with van der Waals surface area (Å²) in [5.74, 6) is 0.159. The Kier molecular flexibility index (Phi) is 6.82. The van der Waals surface area contributed by atoms with Crippen LogP contribution < -0.4 is 19.6 Å². The molecule has 0 unspecified atom stereocenters. The van der Waals surface area contributed by atoms with Gasteiger partial charge in [-0.2, -0.15) is 0 Å². The van der Waals surface area contributed by atoms with Gasteiger partial charge in [-0.3, -0.25) is 4.79 Å². The van der Waals surface area contributed by atoms with Crippen molar-refractivity contribution < 1.29 is 33.0 Å². The number of hydrogen-bond acceptors (Lipinski definition) is 8. The molecule has 0 atom stereocenters. The van der Waals surface area contributed by atoms with E-state index in [1.165, 1.54) is 25.3 Å². The van der Waals surface area contributed by atoms with Gasteiger partial charge in [-0.1, -0.05) is 12.1 Å². The van der Waals surface area contributed by atoms with E-state index in [-0.39, 0.29) is 45.8 Å². The highest BCUT2D eigenvalue weighted by molar-refractivity contribution is 5.94.